The van der Waals surface area contributed by atoms with Crippen molar-refractivity contribution >= 4 is 0 Å². The van der Waals surface area contributed by atoms with Gasteiger partial charge in [-0.15, -0.1) is 10.2 Å². The first-order valence-corrected chi connectivity index (χ1v) is 4.00. The van der Waals surface area contributed by atoms with E-state index in [0.717, 1.165) is 26.2 Å². The average molecular weight is 183 g/mol. The molecule has 0 saturated carbocycles. The van der Waals surface area contributed by atoms with Gasteiger partial charge in [0.1, 0.15) is 0 Å². The second kappa shape index (κ2) is 9.02. The second-order valence-corrected chi connectivity index (χ2v) is 2.31. The van der Waals surface area contributed by atoms with Gasteiger partial charge in [-0.3, -0.25) is 0 Å². The summed E-state index contributed by atoms with van der Waals surface area (Å²) in [5, 5.41) is 16.6. The highest BCUT2D eigenvalue weighted by atomic mass is 15.3. The fourth-order valence-electron chi connectivity index (χ4n) is 0.808. The van der Waals surface area contributed by atoms with E-state index in [1.807, 2.05) is 0 Å². The topological polar surface area (TPSA) is 62.7 Å². The zero-order valence-corrected chi connectivity index (χ0v) is 6.90. The van der Waals surface area contributed by atoms with E-state index in [4.69, 9.17) is 0 Å². The number of aromatic nitrogens is 3. The van der Waals surface area contributed by atoms with Gasteiger partial charge in [-0.25, -0.2) is 0 Å². The molecule has 0 aromatic carbocycles. The van der Waals surface area contributed by atoms with Crippen molar-refractivity contribution in [1.29, 1.82) is 0 Å². The van der Waals surface area contributed by atoms with Crippen LogP contribution in [0.25, 0.3) is 0 Å². The number of hydrogen-bond acceptors (Lipinski definition) is 5. The molecule has 1 aromatic rings. The summed E-state index contributed by atoms with van der Waals surface area (Å²) in [6.07, 6.45) is 3.15. The van der Waals surface area contributed by atoms with Gasteiger partial charge in [0.2, 0.25) is 0 Å². The highest BCUT2D eigenvalue weighted by molar-refractivity contribution is 4.69. The average Bonchev–Trinajstić information content (AvgIpc) is 2.24. The smallest absolute Gasteiger partial charge is 0.0529 e. The molecule has 2 rings (SSSR count). The molecule has 0 amide bonds. The van der Waals surface area contributed by atoms with Gasteiger partial charge < -0.3 is 10.6 Å². The highest BCUT2D eigenvalue weighted by Crippen LogP contribution is 1.65. The minimum atomic E-state index is 0. The summed E-state index contributed by atoms with van der Waals surface area (Å²) in [6, 6.07) is 1.72. The van der Waals surface area contributed by atoms with Crippen molar-refractivity contribution in [3.63, 3.8) is 0 Å². The SMILES string of the molecule is C.C1CNCCN1.c1cnnnc1. The Kier molecular flexibility index (Phi) is 8.28. The number of nitrogens with one attached hydrogen (secondary N) is 2. The van der Waals surface area contributed by atoms with Gasteiger partial charge in [-0.05, 0) is 11.3 Å². The molecular weight excluding hydrogens is 166 g/mol. The van der Waals surface area contributed by atoms with Gasteiger partial charge in [-0.2, -0.15) is 0 Å². The molecule has 0 unspecified atom stereocenters. The lowest BCUT2D eigenvalue weighted by Gasteiger charge is -2.11. The van der Waals surface area contributed by atoms with E-state index in [1.165, 1.54) is 0 Å². The molecule has 1 aromatic heterocycles. The van der Waals surface area contributed by atoms with Crippen LogP contribution in [0.15, 0.2) is 18.5 Å². The Balaban J connectivity index is 0.000000206. The molecule has 0 spiro atoms. The zero-order valence-electron chi connectivity index (χ0n) is 6.90. The van der Waals surface area contributed by atoms with Crippen LogP contribution in [0.2, 0.25) is 0 Å². The third-order valence-corrected chi connectivity index (χ3v) is 1.37. The maximum Gasteiger partial charge on any atom is 0.0529 e. The molecule has 74 valence electrons. The van der Waals surface area contributed by atoms with Crippen LogP contribution in [-0.2, 0) is 0 Å². The monoisotopic (exact) mass is 183 g/mol. The summed E-state index contributed by atoms with van der Waals surface area (Å²) >= 11 is 0. The third kappa shape index (κ3) is 7.30. The summed E-state index contributed by atoms with van der Waals surface area (Å²) in [5.41, 5.74) is 0. The summed E-state index contributed by atoms with van der Waals surface area (Å²) in [5.74, 6) is 0. The molecule has 2 heterocycles. The molecule has 13 heavy (non-hydrogen) atoms. The van der Waals surface area contributed by atoms with E-state index in [0.29, 0.717) is 0 Å². The van der Waals surface area contributed by atoms with E-state index < -0.39 is 0 Å². The van der Waals surface area contributed by atoms with E-state index in [1.54, 1.807) is 18.5 Å². The molecule has 1 aliphatic heterocycles. The molecule has 0 atom stereocenters. The highest BCUT2D eigenvalue weighted by Gasteiger charge is 1.91. The predicted octanol–water partition coefficient (Wildman–Crippen LogP) is -0.313. The number of hydrogen-bond donors (Lipinski definition) is 2. The van der Waals surface area contributed by atoms with Crippen LogP contribution in [0, 0.1) is 0 Å². The van der Waals surface area contributed by atoms with Crippen molar-refractivity contribution in [2.45, 2.75) is 7.43 Å². The Labute approximate surface area is 79.0 Å². The normalized spacial score (nSPS) is 14.8. The Bertz CT molecular complexity index is 137. The molecule has 2 N–H and O–H groups in total. The van der Waals surface area contributed by atoms with E-state index >= 15 is 0 Å². The molecule has 1 fully saturated rings. The van der Waals surface area contributed by atoms with Gasteiger partial charge in [0.05, 0.1) is 12.4 Å². The number of piperazine rings is 1. The van der Waals surface area contributed by atoms with Crippen LogP contribution in [0.3, 0.4) is 0 Å². The van der Waals surface area contributed by atoms with E-state index in [9.17, 15) is 0 Å². The van der Waals surface area contributed by atoms with Crippen molar-refractivity contribution in [3.05, 3.63) is 18.5 Å². The zero-order chi connectivity index (χ0) is 8.49. The Morgan fingerprint density at radius 3 is 1.46 bits per heavy atom. The fourth-order valence-corrected chi connectivity index (χ4v) is 0.808. The molecule has 5 heteroatoms. The van der Waals surface area contributed by atoms with Crippen LogP contribution in [0.1, 0.15) is 7.43 Å². The largest absolute Gasteiger partial charge is 0.314 e. The Hall–Kier alpha value is -1.07. The Morgan fingerprint density at radius 1 is 0.846 bits per heavy atom. The lowest BCUT2D eigenvalue weighted by Crippen LogP contribution is -2.39. The fraction of sp³-hybridized carbons (Fsp3) is 0.625. The van der Waals surface area contributed by atoms with Gasteiger partial charge in [0.15, 0.2) is 0 Å². The van der Waals surface area contributed by atoms with Crippen LogP contribution in [-0.4, -0.2) is 41.6 Å². The molecule has 0 aliphatic carbocycles. The molecular formula is C8H17N5. The predicted molar refractivity (Wildman–Crippen MR) is 52.3 cm³/mol. The van der Waals surface area contributed by atoms with E-state index in [2.05, 4.69) is 26.0 Å². The summed E-state index contributed by atoms with van der Waals surface area (Å²) in [4.78, 5) is 0. The van der Waals surface area contributed by atoms with Gasteiger partial charge >= 0.3 is 0 Å². The minimum Gasteiger partial charge on any atom is -0.314 e. The van der Waals surface area contributed by atoms with Crippen molar-refractivity contribution in [2.75, 3.05) is 26.2 Å². The van der Waals surface area contributed by atoms with Gasteiger partial charge in [0, 0.05) is 26.2 Å². The molecule has 0 radical (unpaired) electrons. The van der Waals surface area contributed by atoms with Crippen LogP contribution < -0.4 is 10.6 Å². The molecule has 0 bridgehead atoms. The lowest BCUT2D eigenvalue weighted by molar-refractivity contribution is 0.534. The molecule has 5 nitrogen and oxygen atoms in total. The first-order chi connectivity index (χ1) is 6.00. The molecule has 1 saturated heterocycles. The van der Waals surface area contributed by atoms with E-state index in [-0.39, 0.29) is 7.43 Å². The Morgan fingerprint density at radius 2 is 1.31 bits per heavy atom. The summed E-state index contributed by atoms with van der Waals surface area (Å²) in [7, 11) is 0. The van der Waals surface area contributed by atoms with Crippen LogP contribution in [0.4, 0.5) is 0 Å². The number of nitrogens with zero attached hydrogens (tertiary/aromatic N) is 3. The van der Waals surface area contributed by atoms with Crippen molar-refractivity contribution in [2.24, 2.45) is 0 Å². The molecule has 1 aliphatic rings. The van der Waals surface area contributed by atoms with Crippen molar-refractivity contribution < 1.29 is 0 Å². The minimum absolute atomic E-state index is 0. The van der Waals surface area contributed by atoms with Gasteiger partial charge in [-0.1, -0.05) is 7.43 Å². The summed E-state index contributed by atoms with van der Waals surface area (Å²) < 4.78 is 0. The number of rotatable bonds is 0. The van der Waals surface area contributed by atoms with Gasteiger partial charge in [0.25, 0.3) is 0 Å². The van der Waals surface area contributed by atoms with Crippen LogP contribution in [0.5, 0.6) is 0 Å². The van der Waals surface area contributed by atoms with Crippen molar-refractivity contribution in [1.82, 2.24) is 26.0 Å². The first kappa shape index (κ1) is 11.9. The second-order valence-electron chi connectivity index (χ2n) is 2.31. The maximum atomic E-state index is 3.42. The first-order valence-electron chi connectivity index (χ1n) is 4.00. The lowest BCUT2D eigenvalue weighted by atomic mass is 10.4. The van der Waals surface area contributed by atoms with Crippen LogP contribution >= 0.6 is 0 Å². The quantitative estimate of drug-likeness (QED) is 0.577. The standard InChI is InChI=1S/C4H10N2.C3H3N3.CH4/c1-2-6-4-3-5-1;1-2-4-6-5-3-1;/h5-6H,1-4H2;1-3H;1H4. The maximum absolute atomic E-state index is 3.42. The third-order valence-electron chi connectivity index (χ3n) is 1.37. The summed E-state index contributed by atoms with van der Waals surface area (Å²) in [6.45, 7) is 4.56. The van der Waals surface area contributed by atoms with Crippen molar-refractivity contribution in [3.8, 4) is 0 Å².